The van der Waals surface area contributed by atoms with Crippen molar-refractivity contribution in [3.05, 3.63) is 35.4 Å². The van der Waals surface area contributed by atoms with Crippen LogP contribution in [0.2, 0.25) is 0 Å². The van der Waals surface area contributed by atoms with Crippen LogP contribution >= 0.6 is 0 Å². The number of benzene rings is 1. The number of unbranched alkanes of at least 4 members (excludes halogenated alkanes) is 1. The summed E-state index contributed by atoms with van der Waals surface area (Å²) in [5, 5.41) is 0. The molecule has 1 aromatic rings. The summed E-state index contributed by atoms with van der Waals surface area (Å²) < 4.78 is 25.6. The highest BCUT2D eigenvalue weighted by Gasteiger charge is 2.08. The Hall–Kier alpha value is -1.40. The minimum absolute atomic E-state index is 0.142. The molecule has 18 heavy (non-hydrogen) atoms. The Balaban J connectivity index is 2.56. The Bertz CT molecular complexity index is 495. The Morgan fingerprint density at radius 1 is 1.28 bits per heavy atom. The highest BCUT2D eigenvalue weighted by Crippen LogP contribution is 2.04. The van der Waals surface area contributed by atoms with Crippen LogP contribution in [0.25, 0.3) is 0 Å². The average molecular weight is 270 g/mol. The summed E-state index contributed by atoms with van der Waals surface area (Å²) in [5.74, 6) is -0.354. The Kier molecular flexibility index (Phi) is 5.30. The van der Waals surface area contributed by atoms with E-state index in [9.17, 15) is 13.2 Å². The average Bonchev–Trinajstić information content (AvgIpc) is 2.35. The van der Waals surface area contributed by atoms with Gasteiger partial charge in [-0.3, -0.25) is 4.79 Å². The standard InChI is InChI=1S/C12H18N2O3S/c1-2-3-8-18(16,17)14-9-10-4-6-11(7-5-10)12(13)15/h4-7,14H,2-3,8-9H2,1H3,(H2,13,15). The Labute approximate surface area is 107 Å². The summed E-state index contributed by atoms with van der Waals surface area (Å²) in [6.07, 6.45) is 1.49. The molecule has 0 saturated heterocycles. The Morgan fingerprint density at radius 2 is 1.89 bits per heavy atom. The molecule has 5 nitrogen and oxygen atoms in total. The van der Waals surface area contributed by atoms with Gasteiger partial charge in [-0.25, -0.2) is 13.1 Å². The van der Waals surface area contributed by atoms with Gasteiger partial charge in [0.2, 0.25) is 15.9 Å². The zero-order chi connectivity index (χ0) is 13.6. The quantitative estimate of drug-likeness (QED) is 0.774. The van der Waals surface area contributed by atoms with Crippen LogP contribution in [-0.4, -0.2) is 20.1 Å². The number of rotatable bonds is 7. The molecule has 0 saturated carbocycles. The summed E-state index contributed by atoms with van der Waals surface area (Å²) in [6, 6.07) is 6.53. The number of nitrogens with two attached hydrogens (primary N) is 1. The highest BCUT2D eigenvalue weighted by atomic mass is 32.2. The molecule has 0 unspecified atom stereocenters. The third-order valence-corrected chi connectivity index (χ3v) is 3.91. The summed E-state index contributed by atoms with van der Waals surface area (Å²) in [4.78, 5) is 10.9. The molecule has 1 aromatic carbocycles. The van der Waals surface area contributed by atoms with E-state index < -0.39 is 15.9 Å². The predicted molar refractivity (Wildman–Crippen MR) is 70.5 cm³/mol. The third-order valence-electron chi connectivity index (χ3n) is 2.50. The van der Waals surface area contributed by atoms with Gasteiger partial charge in [0, 0.05) is 12.1 Å². The molecule has 0 aliphatic carbocycles. The normalized spacial score (nSPS) is 11.4. The van der Waals surface area contributed by atoms with Gasteiger partial charge in [0.15, 0.2) is 0 Å². The molecule has 100 valence electrons. The van der Waals surface area contributed by atoms with Gasteiger partial charge in [-0.15, -0.1) is 0 Å². The maximum atomic E-state index is 11.6. The fourth-order valence-corrected chi connectivity index (χ4v) is 2.59. The van der Waals surface area contributed by atoms with Crippen LogP contribution in [0.5, 0.6) is 0 Å². The highest BCUT2D eigenvalue weighted by molar-refractivity contribution is 7.89. The van der Waals surface area contributed by atoms with Crippen molar-refractivity contribution >= 4 is 15.9 Å². The Morgan fingerprint density at radius 3 is 2.39 bits per heavy atom. The molecule has 0 aliphatic rings. The maximum absolute atomic E-state index is 11.6. The maximum Gasteiger partial charge on any atom is 0.248 e. The molecule has 0 fully saturated rings. The third kappa shape index (κ3) is 4.85. The molecular formula is C12H18N2O3S. The summed E-state index contributed by atoms with van der Waals surface area (Å²) in [7, 11) is -3.21. The second kappa shape index (κ2) is 6.51. The fourth-order valence-electron chi connectivity index (χ4n) is 1.39. The molecule has 0 spiro atoms. The zero-order valence-corrected chi connectivity index (χ0v) is 11.2. The lowest BCUT2D eigenvalue weighted by atomic mass is 10.1. The minimum Gasteiger partial charge on any atom is -0.366 e. The number of hydrogen-bond acceptors (Lipinski definition) is 3. The molecule has 1 amide bonds. The second-order valence-electron chi connectivity index (χ2n) is 4.05. The number of hydrogen-bond donors (Lipinski definition) is 2. The molecule has 0 bridgehead atoms. The van der Waals surface area contributed by atoms with E-state index in [2.05, 4.69) is 4.72 Å². The molecule has 0 radical (unpaired) electrons. The lowest BCUT2D eigenvalue weighted by molar-refractivity contribution is 0.100. The van der Waals surface area contributed by atoms with Gasteiger partial charge < -0.3 is 5.73 Å². The summed E-state index contributed by atoms with van der Waals surface area (Å²) in [6.45, 7) is 2.17. The molecule has 0 aromatic heterocycles. The van der Waals surface area contributed by atoms with Crippen LogP contribution in [0.15, 0.2) is 24.3 Å². The van der Waals surface area contributed by atoms with E-state index in [-0.39, 0.29) is 12.3 Å². The van der Waals surface area contributed by atoms with E-state index in [1.165, 1.54) is 0 Å². The first-order valence-electron chi connectivity index (χ1n) is 5.80. The summed E-state index contributed by atoms with van der Waals surface area (Å²) >= 11 is 0. The molecule has 0 heterocycles. The molecule has 6 heteroatoms. The molecule has 1 rings (SSSR count). The van der Waals surface area contributed by atoms with Crippen LogP contribution in [0.4, 0.5) is 0 Å². The molecule has 0 aliphatic heterocycles. The van der Waals surface area contributed by atoms with Gasteiger partial charge >= 0.3 is 0 Å². The van der Waals surface area contributed by atoms with Crippen molar-refractivity contribution in [2.45, 2.75) is 26.3 Å². The smallest absolute Gasteiger partial charge is 0.248 e. The van der Waals surface area contributed by atoms with E-state index in [0.717, 1.165) is 12.0 Å². The monoisotopic (exact) mass is 270 g/mol. The van der Waals surface area contributed by atoms with Gasteiger partial charge in [-0.05, 0) is 24.1 Å². The predicted octanol–water partition coefficient (Wildman–Crippen LogP) is 1.01. The van der Waals surface area contributed by atoms with Gasteiger partial charge in [0.05, 0.1) is 5.75 Å². The number of primary amides is 1. The van der Waals surface area contributed by atoms with E-state index in [1.807, 2.05) is 6.92 Å². The lowest BCUT2D eigenvalue weighted by Gasteiger charge is -2.06. The molecular weight excluding hydrogens is 252 g/mol. The summed E-state index contributed by atoms with van der Waals surface area (Å²) in [5.41, 5.74) is 6.31. The van der Waals surface area contributed by atoms with Crippen molar-refractivity contribution in [2.75, 3.05) is 5.75 Å². The van der Waals surface area contributed by atoms with Crippen molar-refractivity contribution in [1.29, 1.82) is 0 Å². The van der Waals surface area contributed by atoms with E-state index in [0.29, 0.717) is 12.0 Å². The van der Waals surface area contributed by atoms with Crippen molar-refractivity contribution < 1.29 is 13.2 Å². The zero-order valence-electron chi connectivity index (χ0n) is 10.3. The van der Waals surface area contributed by atoms with Crippen molar-refractivity contribution in [3.63, 3.8) is 0 Å². The van der Waals surface area contributed by atoms with Crippen LogP contribution in [-0.2, 0) is 16.6 Å². The van der Waals surface area contributed by atoms with E-state index in [1.54, 1.807) is 24.3 Å². The van der Waals surface area contributed by atoms with Crippen molar-refractivity contribution in [2.24, 2.45) is 5.73 Å². The van der Waals surface area contributed by atoms with Crippen LogP contribution < -0.4 is 10.5 Å². The van der Waals surface area contributed by atoms with Crippen molar-refractivity contribution in [3.8, 4) is 0 Å². The lowest BCUT2D eigenvalue weighted by Crippen LogP contribution is -2.25. The number of nitrogens with one attached hydrogen (secondary N) is 1. The van der Waals surface area contributed by atoms with E-state index in [4.69, 9.17) is 5.73 Å². The van der Waals surface area contributed by atoms with E-state index >= 15 is 0 Å². The second-order valence-corrected chi connectivity index (χ2v) is 5.98. The number of carbonyl (C=O) groups is 1. The number of sulfonamides is 1. The first kappa shape index (κ1) is 14.7. The first-order valence-corrected chi connectivity index (χ1v) is 7.46. The van der Waals surface area contributed by atoms with Crippen LogP contribution in [0.3, 0.4) is 0 Å². The van der Waals surface area contributed by atoms with Gasteiger partial charge in [0.25, 0.3) is 0 Å². The molecule has 3 N–H and O–H groups in total. The number of amides is 1. The van der Waals surface area contributed by atoms with Crippen molar-refractivity contribution in [1.82, 2.24) is 4.72 Å². The topological polar surface area (TPSA) is 89.3 Å². The number of carbonyl (C=O) groups excluding carboxylic acids is 1. The van der Waals surface area contributed by atoms with Gasteiger partial charge in [-0.1, -0.05) is 25.5 Å². The SMILES string of the molecule is CCCCS(=O)(=O)NCc1ccc(C(N)=O)cc1. The largest absolute Gasteiger partial charge is 0.366 e. The van der Waals surface area contributed by atoms with Gasteiger partial charge in [-0.2, -0.15) is 0 Å². The van der Waals surface area contributed by atoms with Crippen LogP contribution in [0.1, 0.15) is 35.7 Å². The fraction of sp³-hybridized carbons (Fsp3) is 0.417. The first-order chi connectivity index (χ1) is 8.44. The minimum atomic E-state index is -3.21. The van der Waals surface area contributed by atoms with Gasteiger partial charge in [0.1, 0.15) is 0 Å². The van der Waals surface area contributed by atoms with Crippen LogP contribution in [0, 0.1) is 0 Å². The molecule has 0 atom stereocenters.